The predicted octanol–water partition coefficient (Wildman–Crippen LogP) is 10.6. The zero-order valence-electron chi connectivity index (χ0n) is 29.2. The lowest BCUT2D eigenvalue weighted by molar-refractivity contribution is 0.422. The SMILES string of the molecule is C=C/C(C(=C)/C=C/c1cc(CC(CCC)CCCCC)ccc1C)=C(/NC)C(C)Cc1cnc(Cc2c(F)cccc2P)cc1C. The van der Waals surface area contributed by atoms with Gasteiger partial charge in [0, 0.05) is 42.5 Å². The van der Waals surface area contributed by atoms with E-state index in [4.69, 9.17) is 4.98 Å². The van der Waals surface area contributed by atoms with Crippen molar-refractivity contribution in [3.63, 3.8) is 0 Å². The van der Waals surface area contributed by atoms with Gasteiger partial charge in [0.2, 0.25) is 0 Å². The largest absolute Gasteiger partial charge is 0.391 e. The Morgan fingerprint density at radius 3 is 2.46 bits per heavy atom. The normalized spacial score (nSPS) is 13.4. The Balaban J connectivity index is 1.76. The third-order valence-electron chi connectivity index (χ3n) is 9.16. The van der Waals surface area contributed by atoms with Crippen LogP contribution in [0, 0.1) is 31.5 Å². The minimum Gasteiger partial charge on any atom is -0.391 e. The zero-order chi connectivity index (χ0) is 33.6. The van der Waals surface area contributed by atoms with Crippen molar-refractivity contribution in [2.45, 2.75) is 92.4 Å². The van der Waals surface area contributed by atoms with Gasteiger partial charge in [-0.25, -0.2) is 4.39 Å². The maximum Gasteiger partial charge on any atom is 0.127 e. The Hall–Kier alpha value is -3.29. The molecule has 2 aromatic carbocycles. The molecule has 0 fully saturated rings. The number of aromatic nitrogens is 1. The van der Waals surface area contributed by atoms with E-state index in [9.17, 15) is 4.39 Å². The first kappa shape index (κ1) is 37.2. The van der Waals surface area contributed by atoms with Gasteiger partial charge in [-0.15, -0.1) is 9.24 Å². The molecular weight excluding hydrogens is 582 g/mol. The summed E-state index contributed by atoms with van der Waals surface area (Å²) in [6.07, 6.45) is 18.4. The second-order valence-corrected chi connectivity index (χ2v) is 13.5. The maximum absolute atomic E-state index is 14.4. The number of hydrogen-bond acceptors (Lipinski definition) is 2. The smallest absolute Gasteiger partial charge is 0.127 e. The highest BCUT2D eigenvalue weighted by Gasteiger charge is 2.16. The van der Waals surface area contributed by atoms with Crippen molar-refractivity contribution in [1.82, 2.24) is 10.3 Å². The van der Waals surface area contributed by atoms with E-state index in [0.29, 0.717) is 12.0 Å². The van der Waals surface area contributed by atoms with Crippen molar-refractivity contribution < 1.29 is 4.39 Å². The van der Waals surface area contributed by atoms with Crippen molar-refractivity contribution in [1.29, 1.82) is 0 Å². The number of hydrogen-bond donors (Lipinski definition) is 1. The molecule has 0 amide bonds. The molecule has 3 rings (SSSR count). The number of halogens is 1. The molecule has 3 aromatic rings. The third kappa shape index (κ3) is 10.6. The molecule has 3 unspecified atom stereocenters. The number of allylic oxidation sites excluding steroid dienone is 5. The second-order valence-electron chi connectivity index (χ2n) is 12.9. The van der Waals surface area contributed by atoms with Crippen LogP contribution in [0.25, 0.3) is 6.08 Å². The van der Waals surface area contributed by atoms with Crippen LogP contribution in [0.3, 0.4) is 0 Å². The molecule has 0 aliphatic rings. The highest BCUT2D eigenvalue weighted by molar-refractivity contribution is 7.27. The van der Waals surface area contributed by atoms with E-state index in [2.05, 4.69) is 98.8 Å². The second kappa shape index (κ2) is 18.8. The minimum absolute atomic E-state index is 0.188. The van der Waals surface area contributed by atoms with E-state index in [1.54, 1.807) is 6.07 Å². The topological polar surface area (TPSA) is 24.9 Å². The quantitative estimate of drug-likeness (QED) is 0.0852. The first-order chi connectivity index (χ1) is 22.1. The van der Waals surface area contributed by atoms with E-state index >= 15 is 0 Å². The van der Waals surface area contributed by atoms with Gasteiger partial charge in [0.05, 0.1) is 0 Å². The van der Waals surface area contributed by atoms with Gasteiger partial charge in [0.25, 0.3) is 0 Å². The molecule has 1 N–H and O–H groups in total. The Morgan fingerprint density at radius 1 is 1.02 bits per heavy atom. The summed E-state index contributed by atoms with van der Waals surface area (Å²) in [7, 11) is 4.60. The number of rotatable bonds is 18. The molecule has 2 nitrogen and oxygen atoms in total. The summed E-state index contributed by atoms with van der Waals surface area (Å²) in [5.41, 5.74) is 10.9. The summed E-state index contributed by atoms with van der Waals surface area (Å²) in [6.45, 7) is 19.7. The first-order valence-corrected chi connectivity index (χ1v) is 17.7. The van der Waals surface area contributed by atoms with Gasteiger partial charge in [0.1, 0.15) is 5.82 Å². The van der Waals surface area contributed by atoms with E-state index in [0.717, 1.165) is 52.2 Å². The van der Waals surface area contributed by atoms with Crippen LogP contribution in [0.4, 0.5) is 4.39 Å². The van der Waals surface area contributed by atoms with Crippen LogP contribution in [-0.2, 0) is 19.3 Å². The van der Waals surface area contributed by atoms with E-state index in [1.165, 1.54) is 66.8 Å². The van der Waals surface area contributed by atoms with E-state index < -0.39 is 0 Å². The first-order valence-electron chi connectivity index (χ1n) is 17.1. The molecule has 1 aromatic heterocycles. The summed E-state index contributed by atoms with van der Waals surface area (Å²) >= 11 is 0. The monoisotopic (exact) mass is 638 g/mol. The fourth-order valence-electron chi connectivity index (χ4n) is 6.44. The molecule has 1 heterocycles. The van der Waals surface area contributed by atoms with Gasteiger partial charge in [-0.3, -0.25) is 4.98 Å². The Kier molecular flexibility index (Phi) is 15.2. The van der Waals surface area contributed by atoms with Gasteiger partial charge in [-0.1, -0.05) is 121 Å². The number of nitrogens with one attached hydrogen (secondary N) is 1. The Bertz CT molecular complexity index is 1510. The summed E-state index contributed by atoms with van der Waals surface area (Å²) in [5, 5.41) is 4.32. The van der Waals surface area contributed by atoms with Crippen molar-refractivity contribution in [3.8, 4) is 0 Å². The number of unbranched alkanes of at least 4 members (excludes halogenated alkanes) is 2. The molecule has 0 radical (unpaired) electrons. The minimum atomic E-state index is -0.194. The van der Waals surface area contributed by atoms with Crippen LogP contribution < -0.4 is 10.6 Å². The molecule has 0 saturated carbocycles. The molecule has 46 heavy (non-hydrogen) atoms. The Morgan fingerprint density at radius 2 is 1.80 bits per heavy atom. The number of aryl methyl sites for hydroxylation is 2. The third-order valence-corrected chi connectivity index (χ3v) is 9.70. The van der Waals surface area contributed by atoms with Crippen LogP contribution in [0.5, 0.6) is 0 Å². The van der Waals surface area contributed by atoms with E-state index in [-0.39, 0.29) is 11.7 Å². The maximum atomic E-state index is 14.4. The van der Waals surface area contributed by atoms with Crippen LogP contribution in [0.1, 0.15) is 98.4 Å². The highest BCUT2D eigenvalue weighted by atomic mass is 31.0. The average molecular weight is 639 g/mol. The summed E-state index contributed by atoms with van der Waals surface area (Å²) in [4.78, 5) is 4.72. The molecule has 246 valence electrons. The molecular formula is C42H56FN2P. The van der Waals surface area contributed by atoms with Crippen molar-refractivity contribution in [3.05, 3.63) is 136 Å². The molecule has 4 heteroatoms. The summed E-state index contributed by atoms with van der Waals surface area (Å²) < 4.78 is 14.4. The standard InChI is InChI=1S/C42H56FN2P/c1-9-12-13-16-33(15-10-2)25-34-21-19-29(4)35(26-34)22-20-30(5)38(11-3)42(44-8)32(7)23-36-28-45-37(24-31(36)6)27-39-40(43)17-14-18-41(39)46/h11,14,17-22,24,26,28,32-33,44H,3,5,9-10,12-13,15-16,23,25,27,46H2,1-2,4,6-8H3/b22-20+,42-38-. The molecule has 0 aliphatic carbocycles. The molecule has 0 saturated heterocycles. The Labute approximate surface area is 281 Å². The molecule has 3 atom stereocenters. The van der Waals surface area contributed by atoms with Gasteiger partial charge in [0.15, 0.2) is 0 Å². The van der Waals surface area contributed by atoms with Gasteiger partial charge < -0.3 is 5.32 Å². The average Bonchev–Trinajstić information content (AvgIpc) is 3.03. The van der Waals surface area contributed by atoms with Crippen LogP contribution in [0.2, 0.25) is 0 Å². The fourth-order valence-corrected chi connectivity index (χ4v) is 6.79. The predicted molar refractivity (Wildman–Crippen MR) is 202 cm³/mol. The lowest BCUT2D eigenvalue weighted by atomic mass is 9.89. The van der Waals surface area contributed by atoms with Gasteiger partial charge in [-0.2, -0.15) is 0 Å². The highest BCUT2D eigenvalue weighted by Crippen LogP contribution is 2.27. The summed E-state index contributed by atoms with van der Waals surface area (Å²) in [5.74, 6) is 0.750. The van der Waals surface area contributed by atoms with Crippen LogP contribution in [0.15, 0.2) is 90.8 Å². The lowest BCUT2D eigenvalue weighted by Gasteiger charge is -2.21. The van der Waals surface area contributed by atoms with Crippen LogP contribution >= 0.6 is 9.24 Å². The van der Waals surface area contributed by atoms with E-state index in [1.807, 2.05) is 25.4 Å². The van der Waals surface area contributed by atoms with Crippen LogP contribution in [-0.4, -0.2) is 12.0 Å². The number of nitrogens with zero attached hydrogens (tertiary/aromatic N) is 1. The fraction of sp³-hybridized carbons (Fsp3) is 0.405. The lowest BCUT2D eigenvalue weighted by Crippen LogP contribution is -2.19. The van der Waals surface area contributed by atoms with Crippen molar-refractivity contribution in [2.24, 2.45) is 11.8 Å². The number of pyridine rings is 1. The van der Waals surface area contributed by atoms with Gasteiger partial charge in [-0.05, 0) is 89.0 Å². The molecule has 0 bridgehead atoms. The van der Waals surface area contributed by atoms with Crippen molar-refractivity contribution in [2.75, 3.05) is 7.05 Å². The van der Waals surface area contributed by atoms with Crippen molar-refractivity contribution >= 4 is 20.6 Å². The molecule has 0 aliphatic heterocycles. The molecule has 0 spiro atoms. The summed E-state index contributed by atoms with van der Waals surface area (Å²) in [6, 6.07) is 14.2. The number of benzene rings is 2. The zero-order valence-corrected chi connectivity index (χ0v) is 30.3. The van der Waals surface area contributed by atoms with Gasteiger partial charge >= 0.3 is 0 Å².